The average molecular weight is 382 g/mol. The molecule has 4 nitrogen and oxygen atoms in total. The minimum Gasteiger partial charge on any atom is -0.492 e. The van der Waals surface area contributed by atoms with Crippen molar-refractivity contribution < 1.29 is 32.2 Å². The van der Waals surface area contributed by atoms with Crippen molar-refractivity contribution in [3.63, 3.8) is 0 Å². The molecule has 2 rings (SSSR count). The predicted octanol–water partition coefficient (Wildman–Crippen LogP) is 5.47. The van der Waals surface area contributed by atoms with Crippen molar-refractivity contribution in [2.75, 3.05) is 13.2 Å². The Kier molecular flexibility index (Phi) is 6.36. The molecule has 0 saturated carbocycles. The molecule has 0 radical (unpaired) electrons. The van der Waals surface area contributed by atoms with E-state index in [0.29, 0.717) is 23.9 Å². The van der Waals surface area contributed by atoms with Crippen molar-refractivity contribution >= 4 is 5.97 Å². The molecule has 0 unspecified atom stereocenters. The Morgan fingerprint density at radius 3 is 1.85 bits per heavy atom. The van der Waals surface area contributed by atoms with Crippen molar-refractivity contribution in [3.8, 4) is 17.2 Å². The van der Waals surface area contributed by atoms with Crippen LogP contribution in [0.25, 0.3) is 0 Å². The summed E-state index contributed by atoms with van der Waals surface area (Å²) in [5.74, 6) is 0.936. The zero-order valence-electron chi connectivity index (χ0n) is 15.3. The number of hydrogen-bond acceptors (Lipinski definition) is 4. The molecular formula is C20H21F3O4. The third-order valence-electron chi connectivity index (χ3n) is 3.67. The van der Waals surface area contributed by atoms with Crippen LogP contribution in [0.4, 0.5) is 13.2 Å². The number of hydrogen-bond donors (Lipinski definition) is 0. The van der Waals surface area contributed by atoms with Crippen molar-refractivity contribution in [1.82, 2.24) is 0 Å². The van der Waals surface area contributed by atoms with Gasteiger partial charge in [0.05, 0.1) is 17.6 Å². The molecule has 0 fully saturated rings. The van der Waals surface area contributed by atoms with E-state index >= 15 is 0 Å². The highest BCUT2D eigenvalue weighted by Gasteiger charge is 2.31. The Hall–Kier alpha value is -2.70. The van der Waals surface area contributed by atoms with Crippen molar-refractivity contribution in [3.05, 3.63) is 54.1 Å². The number of carbonyl (C=O) groups excluding carboxylic acids is 1. The first-order valence-electron chi connectivity index (χ1n) is 8.37. The van der Waals surface area contributed by atoms with Crippen LogP contribution >= 0.6 is 0 Å². The first-order valence-corrected chi connectivity index (χ1v) is 8.37. The molecule has 0 aliphatic rings. The van der Waals surface area contributed by atoms with Crippen LogP contribution < -0.4 is 9.47 Å². The summed E-state index contributed by atoms with van der Waals surface area (Å²) in [6, 6.07) is 11.0. The Balaban J connectivity index is 1.94. The van der Waals surface area contributed by atoms with Crippen LogP contribution in [0.15, 0.2) is 48.5 Å². The molecule has 0 spiro atoms. The monoisotopic (exact) mass is 382 g/mol. The van der Waals surface area contributed by atoms with Gasteiger partial charge >= 0.3 is 12.1 Å². The topological polar surface area (TPSA) is 44.8 Å². The van der Waals surface area contributed by atoms with E-state index in [9.17, 15) is 18.0 Å². The minimum absolute atomic E-state index is 0.144. The molecule has 146 valence electrons. The second-order valence-corrected chi connectivity index (χ2v) is 6.49. The van der Waals surface area contributed by atoms with Gasteiger partial charge in [0.25, 0.3) is 0 Å². The van der Waals surface area contributed by atoms with E-state index in [-0.39, 0.29) is 12.6 Å². The van der Waals surface area contributed by atoms with Crippen molar-refractivity contribution in [1.29, 1.82) is 0 Å². The van der Waals surface area contributed by atoms with E-state index in [0.717, 1.165) is 12.1 Å². The summed E-state index contributed by atoms with van der Waals surface area (Å²) >= 11 is 0. The summed E-state index contributed by atoms with van der Waals surface area (Å²) in [5, 5.41) is 0. The fraction of sp³-hybridized carbons (Fsp3) is 0.350. The number of ether oxygens (including phenoxy) is 3. The van der Waals surface area contributed by atoms with Gasteiger partial charge in [-0.2, -0.15) is 13.2 Å². The number of alkyl halides is 3. The highest BCUT2D eigenvalue weighted by atomic mass is 19.4. The van der Waals surface area contributed by atoms with Crippen LogP contribution in [0, 0.1) is 5.41 Å². The summed E-state index contributed by atoms with van der Waals surface area (Å²) in [5.41, 5.74) is -1.52. The van der Waals surface area contributed by atoms with E-state index < -0.39 is 17.2 Å². The molecule has 2 aromatic rings. The Morgan fingerprint density at radius 2 is 1.37 bits per heavy atom. The number of esters is 1. The number of halogens is 3. The zero-order valence-corrected chi connectivity index (χ0v) is 15.3. The smallest absolute Gasteiger partial charge is 0.416 e. The first kappa shape index (κ1) is 20.6. The lowest BCUT2D eigenvalue weighted by molar-refractivity contribution is -0.155. The lowest BCUT2D eigenvalue weighted by Crippen LogP contribution is -2.32. The summed E-state index contributed by atoms with van der Waals surface area (Å²) in [6.45, 7) is 5.65. The Labute approximate surface area is 155 Å². The molecule has 0 aliphatic carbocycles. The third-order valence-corrected chi connectivity index (χ3v) is 3.67. The molecule has 0 aromatic heterocycles. The molecule has 0 amide bonds. The van der Waals surface area contributed by atoms with Gasteiger partial charge in [-0.1, -0.05) is 0 Å². The van der Waals surface area contributed by atoms with Crippen LogP contribution in [0.2, 0.25) is 0 Å². The van der Waals surface area contributed by atoms with Crippen LogP contribution in [0.3, 0.4) is 0 Å². The maximum absolute atomic E-state index is 12.6. The van der Waals surface area contributed by atoms with Crippen LogP contribution in [-0.4, -0.2) is 19.2 Å². The molecule has 0 aliphatic heterocycles. The lowest BCUT2D eigenvalue weighted by Gasteiger charge is -2.22. The van der Waals surface area contributed by atoms with Crippen LogP contribution in [-0.2, 0) is 15.7 Å². The highest BCUT2D eigenvalue weighted by Crippen LogP contribution is 2.31. The average Bonchev–Trinajstić information content (AvgIpc) is 2.61. The number of benzene rings is 2. The summed E-state index contributed by atoms with van der Waals surface area (Å²) in [6.07, 6.45) is -4.38. The molecular weight excluding hydrogens is 361 g/mol. The fourth-order valence-corrected chi connectivity index (χ4v) is 2.10. The highest BCUT2D eigenvalue weighted by molar-refractivity contribution is 5.76. The van der Waals surface area contributed by atoms with Gasteiger partial charge in [0.2, 0.25) is 0 Å². The van der Waals surface area contributed by atoms with Gasteiger partial charge in [-0.25, -0.2) is 0 Å². The normalized spacial score (nSPS) is 11.8. The molecule has 0 heterocycles. The SMILES string of the molecule is CCOC(=O)C(C)(C)COc1ccc(Oc2ccc(C(F)(F)F)cc2)cc1. The molecule has 2 aromatic carbocycles. The van der Waals surface area contributed by atoms with Gasteiger partial charge in [0.1, 0.15) is 23.9 Å². The predicted molar refractivity (Wildman–Crippen MR) is 93.9 cm³/mol. The van der Waals surface area contributed by atoms with E-state index in [1.54, 1.807) is 45.0 Å². The maximum Gasteiger partial charge on any atom is 0.416 e. The lowest BCUT2D eigenvalue weighted by atomic mass is 9.95. The molecule has 0 N–H and O–H groups in total. The molecule has 27 heavy (non-hydrogen) atoms. The molecule has 0 bridgehead atoms. The van der Waals surface area contributed by atoms with E-state index in [2.05, 4.69) is 0 Å². The van der Waals surface area contributed by atoms with Crippen molar-refractivity contribution in [2.24, 2.45) is 5.41 Å². The van der Waals surface area contributed by atoms with E-state index in [1.807, 2.05) is 0 Å². The number of rotatable bonds is 7. The largest absolute Gasteiger partial charge is 0.492 e. The van der Waals surface area contributed by atoms with Gasteiger partial charge in [-0.15, -0.1) is 0 Å². The quantitative estimate of drug-likeness (QED) is 0.596. The van der Waals surface area contributed by atoms with Gasteiger partial charge in [0, 0.05) is 0 Å². The van der Waals surface area contributed by atoms with E-state index in [1.165, 1.54) is 12.1 Å². The summed E-state index contributed by atoms with van der Waals surface area (Å²) in [4.78, 5) is 11.8. The first-order chi connectivity index (χ1) is 12.6. The molecule has 0 atom stereocenters. The Bertz CT molecular complexity index is 750. The number of carbonyl (C=O) groups is 1. The second-order valence-electron chi connectivity index (χ2n) is 6.49. The van der Waals surface area contributed by atoms with Gasteiger partial charge in [-0.3, -0.25) is 4.79 Å². The fourth-order valence-electron chi connectivity index (χ4n) is 2.10. The molecule has 0 saturated heterocycles. The van der Waals surface area contributed by atoms with Crippen LogP contribution in [0.1, 0.15) is 26.3 Å². The van der Waals surface area contributed by atoms with Crippen molar-refractivity contribution in [2.45, 2.75) is 26.9 Å². The van der Waals surface area contributed by atoms with Gasteiger partial charge < -0.3 is 14.2 Å². The minimum atomic E-state index is -4.38. The van der Waals surface area contributed by atoms with E-state index in [4.69, 9.17) is 14.2 Å². The van der Waals surface area contributed by atoms with Gasteiger partial charge in [-0.05, 0) is 69.3 Å². The third kappa shape index (κ3) is 5.91. The second kappa shape index (κ2) is 8.33. The summed E-state index contributed by atoms with van der Waals surface area (Å²) < 4.78 is 53.8. The standard InChI is InChI=1S/C20H21F3O4/c1-4-25-18(24)19(2,3)13-26-15-9-11-17(12-10-15)27-16-7-5-14(6-8-16)20(21,22)23/h5-12H,4,13H2,1-3H3. The van der Waals surface area contributed by atoms with Crippen LogP contribution in [0.5, 0.6) is 17.2 Å². The summed E-state index contributed by atoms with van der Waals surface area (Å²) in [7, 11) is 0. The Morgan fingerprint density at radius 1 is 0.889 bits per heavy atom. The zero-order chi connectivity index (χ0) is 20.1. The molecule has 7 heteroatoms. The van der Waals surface area contributed by atoms with Gasteiger partial charge in [0.15, 0.2) is 0 Å². The maximum atomic E-state index is 12.6.